The first kappa shape index (κ1) is 19.9. The lowest BCUT2D eigenvalue weighted by molar-refractivity contribution is -0.387. The second-order valence-corrected chi connectivity index (χ2v) is 9.99. The molecule has 1 aliphatic rings. The normalized spacial score (nSPS) is 13.4. The number of benzene rings is 4. The van der Waals surface area contributed by atoms with Crippen LogP contribution < -0.4 is 0 Å². The fourth-order valence-corrected chi connectivity index (χ4v) is 7.06. The fraction of sp³-hybridized carbons (Fsp3) is 0.0769. The van der Waals surface area contributed by atoms with Crippen LogP contribution in [0.1, 0.15) is 17.0 Å². The minimum absolute atomic E-state index is 0.0355. The Bertz CT molecular complexity index is 1200. The largest absolute Gasteiger partial charge is 0.282 e. The Morgan fingerprint density at radius 3 is 1.87 bits per heavy atom. The van der Waals surface area contributed by atoms with Crippen LogP contribution in [0.4, 0.5) is 5.69 Å². The smallest absolute Gasteiger partial charge is 0.258 e. The summed E-state index contributed by atoms with van der Waals surface area (Å²) in [7, 11) is 0. The summed E-state index contributed by atoms with van der Waals surface area (Å²) >= 11 is 3.35. The number of nitro groups is 1. The van der Waals surface area contributed by atoms with Gasteiger partial charge in [0.25, 0.3) is 5.69 Å². The number of para-hydroxylation sites is 1. The van der Waals surface area contributed by atoms with E-state index < -0.39 is 0 Å². The van der Waals surface area contributed by atoms with Gasteiger partial charge in [-0.3, -0.25) is 10.1 Å². The number of nitro benzene ring substituents is 1. The Labute approximate surface area is 189 Å². The summed E-state index contributed by atoms with van der Waals surface area (Å²) in [6.07, 6.45) is 0. The van der Waals surface area contributed by atoms with Crippen LogP contribution in [-0.4, -0.2) is 9.51 Å². The molecule has 0 aromatic heterocycles. The van der Waals surface area contributed by atoms with Crippen LogP contribution in [0.2, 0.25) is 0 Å². The number of hydrogen-bond acceptors (Lipinski definition) is 4. The molecule has 0 bridgehead atoms. The molecular weight excluding hydrogens is 422 g/mol. The summed E-state index contributed by atoms with van der Waals surface area (Å²) < 4.78 is 0.0355. The molecule has 0 heterocycles. The summed E-state index contributed by atoms with van der Waals surface area (Å²) in [5.41, 5.74) is 5.23. The van der Waals surface area contributed by atoms with Crippen molar-refractivity contribution >= 4 is 29.2 Å². The van der Waals surface area contributed by atoms with Gasteiger partial charge in [0.15, 0.2) is 0 Å². The monoisotopic (exact) mass is 441 g/mol. The molecule has 5 rings (SSSR count). The van der Waals surface area contributed by atoms with Gasteiger partial charge in [0.1, 0.15) is 0 Å². The van der Waals surface area contributed by atoms with E-state index in [4.69, 9.17) is 0 Å². The van der Waals surface area contributed by atoms with Crippen LogP contribution in [0, 0.1) is 10.1 Å². The molecule has 0 N–H and O–H groups in total. The summed E-state index contributed by atoms with van der Waals surface area (Å²) in [6, 6.07) is 34.4. The number of thioether (sulfide) groups is 2. The third-order valence-corrected chi connectivity index (χ3v) is 8.18. The SMILES string of the molecule is O=[N+]([O-])c1ccccc1SC(Sc1ccccc1)C1c2ccccc2-c2ccccc21. The molecule has 0 fully saturated rings. The molecule has 0 saturated heterocycles. The second-order valence-electron chi connectivity index (χ2n) is 7.29. The van der Waals surface area contributed by atoms with Crippen molar-refractivity contribution in [1.29, 1.82) is 0 Å². The Morgan fingerprint density at radius 2 is 1.23 bits per heavy atom. The molecule has 0 saturated carbocycles. The van der Waals surface area contributed by atoms with Crippen LogP contribution in [0.5, 0.6) is 0 Å². The van der Waals surface area contributed by atoms with Gasteiger partial charge in [-0.15, -0.1) is 23.5 Å². The molecule has 0 spiro atoms. The van der Waals surface area contributed by atoms with Gasteiger partial charge in [0.2, 0.25) is 0 Å². The minimum atomic E-state index is -0.289. The molecule has 1 atom stereocenters. The molecule has 3 nitrogen and oxygen atoms in total. The lowest BCUT2D eigenvalue weighted by Gasteiger charge is -2.25. The maximum absolute atomic E-state index is 11.7. The highest BCUT2D eigenvalue weighted by molar-refractivity contribution is 8.17. The molecule has 0 amide bonds. The topological polar surface area (TPSA) is 43.1 Å². The van der Waals surface area contributed by atoms with Gasteiger partial charge in [0.05, 0.1) is 14.4 Å². The number of hydrogen-bond donors (Lipinski definition) is 0. The summed E-state index contributed by atoms with van der Waals surface area (Å²) in [5.74, 6) is 0.127. The molecule has 1 aliphatic carbocycles. The fourth-order valence-electron chi connectivity index (χ4n) is 4.11. The highest BCUT2D eigenvalue weighted by Gasteiger charge is 2.36. The van der Waals surface area contributed by atoms with Crippen molar-refractivity contribution in [2.45, 2.75) is 20.3 Å². The summed E-state index contributed by atoms with van der Waals surface area (Å²) in [5, 5.41) is 11.7. The Balaban J connectivity index is 1.62. The molecule has 4 aromatic rings. The zero-order chi connectivity index (χ0) is 21.2. The van der Waals surface area contributed by atoms with E-state index in [1.807, 2.05) is 30.3 Å². The predicted molar refractivity (Wildman–Crippen MR) is 129 cm³/mol. The van der Waals surface area contributed by atoms with Crippen molar-refractivity contribution in [3.8, 4) is 11.1 Å². The van der Waals surface area contributed by atoms with Crippen LogP contribution in [0.15, 0.2) is 113 Å². The van der Waals surface area contributed by atoms with Crippen LogP contribution in [0.3, 0.4) is 0 Å². The first-order valence-electron chi connectivity index (χ1n) is 10.0. The maximum Gasteiger partial charge on any atom is 0.282 e. The van der Waals surface area contributed by atoms with E-state index in [-0.39, 0.29) is 21.1 Å². The van der Waals surface area contributed by atoms with E-state index in [1.54, 1.807) is 35.7 Å². The zero-order valence-electron chi connectivity index (χ0n) is 16.5. The van der Waals surface area contributed by atoms with Gasteiger partial charge in [-0.25, -0.2) is 0 Å². The van der Waals surface area contributed by atoms with Crippen molar-refractivity contribution in [3.05, 3.63) is 124 Å². The van der Waals surface area contributed by atoms with E-state index in [9.17, 15) is 10.1 Å². The summed E-state index contributed by atoms with van der Waals surface area (Å²) in [4.78, 5) is 13.2. The van der Waals surface area contributed by atoms with Crippen LogP contribution >= 0.6 is 23.5 Å². The second kappa shape index (κ2) is 8.61. The molecule has 1 unspecified atom stereocenters. The Hall–Kier alpha value is -3.02. The Morgan fingerprint density at radius 1 is 0.677 bits per heavy atom. The predicted octanol–water partition coefficient (Wildman–Crippen LogP) is 7.62. The van der Waals surface area contributed by atoms with Crippen LogP contribution in [-0.2, 0) is 0 Å². The van der Waals surface area contributed by atoms with Gasteiger partial charge in [-0.2, -0.15) is 0 Å². The lowest BCUT2D eigenvalue weighted by Crippen LogP contribution is -2.12. The van der Waals surface area contributed by atoms with Gasteiger partial charge >= 0.3 is 0 Å². The van der Waals surface area contributed by atoms with E-state index in [2.05, 4.69) is 60.7 Å². The third-order valence-electron chi connectivity index (χ3n) is 5.45. The first-order valence-corrected chi connectivity index (χ1v) is 11.8. The van der Waals surface area contributed by atoms with Gasteiger partial charge < -0.3 is 0 Å². The van der Waals surface area contributed by atoms with Crippen molar-refractivity contribution in [2.75, 3.05) is 0 Å². The van der Waals surface area contributed by atoms with Crippen molar-refractivity contribution in [1.82, 2.24) is 0 Å². The first-order chi connectivity index (χ1) is 15.2. The van der Waals surface area contributed by atoms with E-state index in [0.29, 0.717) is 4.90 Å². The number of rotatable bonds is 6. The highest BCUT2D eigenvalue weighted by atomic mass is 32.2. The van der Waals surface area contributed by atoms with Gasteiger partial charge in [-0.1, -0.05) is 78.9 Å². The van der Waals surface area contributed by atoms with Gasteiger partial charge in [-0.05, 0) is 40.5 Å². The maximum atomic E-state index is 11.7. The highest BCUT2D eigenvalue weighted by Crippen LogP contribution is 2.54. The molecule has 152 valence electrons. The van der Waals surface area contributed by atoms with E-state index in [1.165, 1.54) is 22.3 Å². The van der Waals surface area contributed by atoms with Crippen molar-refractivity contribution < 1.29 is 4.92 Å². The molecule has 0 radical (unpaired) electrons. The van der Waals surface area contributed by atoms with Crippen LogP contribution in [0.25, 0.3) is 11.1 Å². The molecular formula is C26H19NO2S2. The standard InChI is InChI=1S/C26H19NO2S2/c28-27(29)23-16-8-9-17-24(23)31-26(30-18-10-2-1-3-11-18)25-21-14-6-4-12-19(21)20-13-5-7-15-22(20)25/h1-17,25-26H. The average molecular weight is 442 g/mol. The quantitative estimate of drug-likeness (QED) is 0.134. The van der Waals surface area contributed by atoms with E-state index in [0.717, 1.165) is 4.90 Å². The average Bonchev–Trinajstić information content (AvgIpc) is 3.14. The lowest BCUT2D eigenvalue weighted by atomic mass is 9.99. The number of fused-ring (bicyclic) bond motifs is 3. The summed E-state index contributed by atoms with van der Waals surface area (Å²) in [6.45, 7) is 0. The minimum Gasteiger partial charge on any atom is -0.258 e. The molecule has 5 heteroatoms. The Kier molecular flexibility index (Phi) is 5.53. The molecule has 31 heavy (non-hydrogen) atoms. The van der Waals surface area contributed by atoms with Gasteiger partial charge in [0, 0.05) is 16.9 Å². The molecule has 4 aromatic carbocycles. The zero-order valence-corrected chi connectivity index (χ0v) is 18.2. The number of nitrogens with zero attached hydrogens (tertiary/aromatic N) is 1. The van der Waals surface area contributed by atoms with E-state index >= 15 is 0 Å². The van der Waals surface area contributed by atoms with Crippen molar-refractivity contribution in [3.63, 3.8) is 0 Å². The van der Waals surface area contributed by atoms with Crippen molar-refractivity contribution in [2.24, 2.45) is 0 Å². The molecule has 0 aliphatic heterocycles. The third kappa shape index (κ3) is 3.87.